The van der Waals surface area contributed by atoms with E-state index in [0.717, 1.165) is 0 Å². The van der Waals surface area contributed by atoms with Gasteiger partial charge in [0.05, 0.1) is 0 Å². The van der Waals surface area contributed by atoms with Crippen molar-refractivity contribution in [2.45, 2.75) is 26.7 Å². The molecule has 0 amide bonds. The van der Waals surface area contributed by atoms with Gasteiger partial charge in [-0.3, -0.25) is 4.79 Å². The molecule has 0 radical (unpaired) electrons. The number of hydrogen-bond acceptors (Lipinski definition) is 4. The number of halogens is 1. The standard InChI is InChI=1S/C14H14FNO3/c1-3-4-12(17)19-13-9(2)18-14(16-13)10-5-7-11(15)8-6-10/h5-8H,3-4H2,1-2H3. The van der Waals surface area contributed by atoms with Crippen molar-refractivity contribution < 1.29 is 18.3 Å². The predicted molar refractivity (Wildman–Crippen MR) is 67.2 cm³/mol. The molecule has 1 aromatic carbocycles. The molecule has 0 atom stereocenters. The summed E-state index contributed by atoms with van der Waals surface area (Å²) in [6, 6.07) is 5.74. The lowest BCUT2D eigenvalue weighted by atomic mass is 10.2. The van der Waals surface area contributed by atoms with Crippen molar-refractivity contribution in [2.75, 3.05) is 0 Å². The van der Waals surface area contributed by atoms with Crippen LogP contribution in [0.3, 0.4) is 0 Å². The fraction of sp³-hybridized carbons (Fsp3) is 0.286. The summed E-state index contributed by atoms with van der Waals surface area (Å²) < 4.78 is 23.3. The van der Waals surface area contributed by atoms with E-state index < -0.39 is 0 Å². The number of ether oxygens (including phenoxy) is 1. The second kappa shape index (κ2) is 5.65. The van der Waals surface area contributed by atoms with Crippen LogP contribution in [-0.2, 0) is 4.79 Å². The molecule has 0 N–H and O–H groups in total. The van der Waals surface area contributed by atoms with E-state index in [1.165, 1.54) is 12.1 Å². The monoisotopic (exact) mass is 263 g/mol. The van der Waals surface area contributed by atoms with Crippen LogP contribution in [0, 0.1) is 12.7 Å². The Balaban J connectivity index is 2.21. The van der Waals surface area contributed by atoms with E-state index in [0.29, 0.717) is 30.1 Å². The van der Waals surface area contributed by atoms with Crippen LogP contribution in [0.4, 0.5) is 4.39 Å². The number of oxazole rings is 1. The number of aryl methyl sites for hydroxylation is 1. The fourth-order valence-electron chi connectivity index (χ4n) is 1.56. The molecule has 0 fully saturated rings. The molecule has 2 aromatic rings. The molecular weight excluding hydrogens is 249 g/mol. The maximum absolute atomic E-state index is 12.8. The highest BCUT2D eigenvalue weighted by Gasteiger charge is 2.15. The van der Waals surface area contributed by atoms with Crippen LogP contribution < -0.4 is 4.74 Å². The van der Waals surface area contributed by atoms with E-state index in [9.17, 15) is 9.18 Å². The van der Waals surface area contributed by atoms with Crippen LogP contribution in [0.1, 0.15) is 25.5 Å². The Bertz CT molecular complexity index is 575. The number of esters is 1. The highest BCUT2D eigenvalue weighted by atomic mass is 19.1. The van der Waals surface area contributed by atoms with E-state index in [2.05, 4.69) is 4.98 Å². The van der Waals surface area contributed by atoms with Crippen molar-refractivity contribution in [2.24, 2.45) is 0 Å². The summed E-state index contributed by atoms with van der Waals surface area (Å²) >= 11 is 0. The van der Waals surface area contributed by atoms with Gasteiger partial charge in [0.15, 0.2) is 5.76 Å². The number of aromatic nitrogens is 1. The lowest BCUT2D eigenvalue weighted by Gasteiger charge is -1.98. The number of benzene rings is 1. The number of rotatable bonds is 4. The molecule has 0 spiro atoms. The summed E-state index contributed by atoms with van der Waals surface area (Å²) in [5.41, 5.74) is 0.627. The third-order valence-electron chi connectivity index (χ3n) is 2.51. The zero-order valence-corrected chi connectivity index (χ0v) is 10.8. The van der Waals surface area contributed by atoms with Crippen LogP contribution in [0.25, 0.3) is 11.5 Å². The lowest BCUT2D eigenvalue weighted by molar-refractivity contribution is -0.134. The molecule has 0 aliphatic rings. The van der Waals surface area contributed by atoms with Crippen LogP contribution in [0.15, 0.2) is 28.7 Å². The smallest absolute Gasteiger partial charge is 0.312 e. The first-order valence-electron chi connectivity index (χ1n) is 6.04. The fourth-order valence-corrected chi connectivity index (χ4v) is 1.56. The third-order valence-corrected chi connectivity index (χ3v) is 2.51. The normalized spacial score (nSPS) is 10.5. The van der Waals surface area contributed by atoms with E-state index in [1.54, 1.807) is 19.1 Å². The minimum atomic E-state index is -0.343. The Morgan fingerprint density at radius 3 is 2.68 bits per heavy atom. The largest absolute Gasteiger partial charge is 0.437 e. The highest BCUT2D eigenvalue weighted by Crippen LogP contribution is 2.26. The average Bonchev–Trinajstić information content (AvgIpc) is 2.72. The second-order valence-electron chi connectivity index (χ2n) is 4.11. The molecule has 0 aliphatic carbocycles. The van der Waals surface area contributed by atoms with E-state index in [1.807, 2.05) is 6.92 Å². The maximum atomic E-state index is 12.8. The molecule has 1 heterocycles. The summed E-state index contributed by atoms with van der Waals surface area (Å²) in [5.74, 6) is 0.213. The predicted octanol–water partition coefficient (Wildman–Crippen LogP) is 3.49. The van der Waals surface area contributed by atoms with Gasteiger partial charge in [0, 0.05) is 12.0 Å². The molecule has 5 heteroatoms. The second-order valence-corrected chi connectivity index (χ2v) is 4.11. The summed E-state index contributed by atoms with van der Waals surface area (Å²) in [6.07, 6.45) is 1.04. The lowest BCUT2D eigenvalue weighted by Crippen LogP contribution is -2.07. The average molecular weight is 263 g/mol. The Hall–Kier alpha value is -2.17. The Morgan fingerprint density at radius 2 is 2.05 bits per heavy atom. The van der Waals surface area contributed by atoms with Gasteiger partial charge in [-0.25, -0.2) is 4.39 Å². The Kier molecular flexibility index (Phi) is 3.94. The van der Waals surface area contributed by atoms with Gasteiger partial charge in [0.1, 0.15) is 5.82 Å². The molecule has 0 saturated heterocycles. The van der Waals surface area contributed by atoms with Gasteiger partial charge in [-0.1, -0.05) is 6.92 Å². The first kappa shape index (κ1) is 13.3. The van der Waals surface area contributed by atoms with Gasteiger partial charge < -0.3 is 9.15 Å². The molecule has 4 nitrogen and oxygen atoms in total. The topological polar surface area (TPSA) is 52.3 Å². The first-order valence-corrected chi connectivity index (χ1v) is 6.04. The van der Waals surface area contributed by atoms with Gasteiger partial charge in [-0.05, 0) is 37.6 Å². The maximum Gasteiger partial charge on any atom is 0.312 e. The molecule has 19 heavy (non-hydrogen) atoms. The highest BCUT2D eigenvalue weighted by molar-refractivity contribution is 5.72. The zero-order valence-electron chi connectivity index (χ0n) is 10.8. The number of carbonyl (C=O) groups is 1. The molecular formula is C14H14FNO3. The van der Waals surface area contributed by atoms with Gasteiger partial charge >= 0.3 is 5.97 Å². The van der Waals surface area contributed by atoms with Crippen LogP contribution in [0.2, 0.25) is 0 Å². The molecule has 0 saturated carbocycles. The zero-order chi connectivity index (χ0) is 13.8. The van der Waals surface area contributed by atoms with Gasteiger partial charge in [0.25, 0.3) is 5.88 Å². The van der Waals surface area contributed by atoms with Gasteiger partial charge in [-0.2, -0.15) is 4.98 Å². The molecule has 0 aliphatic heterocycles. The number of hydrogen-bond donors (Lipinski definition) is 0. The van der Waals surface area contributed by atoms with E-state index >= 15 is 0 Å². The van der Waals surface area contributed by atoms with Crippen molar-refractivity contribution in [3.05, 3.63) is 35.8 Å². The van der Waals surface area contributed by atoms with Crippen LogP contribution >= 0.6 is 0 Å². The van der Waals surface area contributed by atoms with Gasteiger partial charge in [-0.15, -0.1) is 0 Å². The number of carbonyl (C=O) groups excluding carboxylic acids is 1. The summed E-state index contributed by atoms with van der Waals surface area (Å²) in [6.45, 7) is 3.55. The van der Waals surface area contributed by atoms with E-state index in [-0.39, 0.29) is 17.7 Å². The molecule has 0 unspecified atom stereocenters. The van der Waals surface area contributed by atoms with Gasteiger partial charge in [0.2, 0.25) is 5.89 Å². The van der Waals surface area contributed by atoms with Crippen molar-refractivity contribution >= 4 is 5.97 Å². The van der Waals surface area contributed by atoms with Crippen LogP contribution in [0.5, 0.6) is 5.88 Å². The van der Waals surface area contributed by atoms with E-state index in [4.69, 9.17) is 9.15 Å². The molecule has 1 aromatic heterocycles. The molecule has 0 bridgehead atoms. The summed E-state index contributed by atoms with van der Waals surface area (Å²) in [7, 11) is 0. The van der Waals surface area contributed by atoms with Crippen LogP contribution in [-0.4, -0.2) is 11.0 Å². The minimum Gasteiger partial charge on any atom is -0.437 e. The summed E-state index contributed by atoms with van der Waals surface area (Å²) in [4.78, 5) is 15.5. The van der Waals surface area contributed by atoms with Crippen molar-refractivity contribution in [3.8, 4) is 17.3 Å². The quantitative estimate of drug-likeness (QED) is 0.792. The number of nitrogens with zero attached hydrogens (tertiary/aromatic N) is 1. The Morgan fingerprint density at radius 1 is 1.37 bits per heavy atom. The van der Waals surface area contributed by atoms with Crippen molar-refractivity contribution in [1.29, 1.82) is 0 Å². The van der Waals surface area contributed by atoms with Crippen molar-refractivity contribution in [1.82, 2.24) is 4.98 Å². The summed E-state index contributed by atoms with van der Waals surface area (Å²) in [5, 5.41) is 0. The molecule has 100 valence electrons. The SMILES string of the molecule is CCCC(=O)Oc1nc(-c2ccc(F)cc2)oc1C. The third kappa shape index (κ3) is 3.19. The van der Waals surface area contributed by atoms with Crippen molar-refractivity contribution in [3.63, 3.8) is 0 Å². The molecule has 2 rings (SSSR count). The first-order chi connectivity index (χ1) is 9.10. The Labute approximate surface area is 110 Å². The minimum absolute atomic E-state index is 0.165.